The second-order valence-electron chi connectivity index (χ2n) is 4.90. The average molecular weight is 337 g/mol. The zero-order valence-corrected chi connectivity index (χ0v) is 13.3. The summed E-state index contributed by atoms with van der Waals surface area (Å²) in [4.78, 5) is 2.34. The van der Waals surface area contributed by atoms with Gasteiger partial charge in [-0.15, -0.1) is 0 Å². The molecule has 0 amide bonds. The fraction of sp³-hybridized carbons (Fsp3) is 0.375. The second kappa shape index (κ2) is 7.62. The lowest BCUT2D eigenvalue weighted by atomic mass is 10.0. The number of furan rings is 1. The topological polar surface area (TPSA) is 42.4 Å². The highest BCUT2D eigenvalue weighted by Crippen LogP contribution is 2.19. The van der Waals surface area contributed by atoms with Gasteiger partial charge < -0.3 is 10.2 Å². The van der Waals surface area contributed by atoms with E-state index in [9.17, 15) is 0 Å². The lowest BCUT2D eigenvalue weighted by molar-refractivity contribution is 0.246. The Hall–Kier alpha value is -1.10. The number of hydrogen-bond donors (Lipinski definition) is 1. The first-order valence-corrected chi connectivity index (χ1v) is 7.74. The number of benzene rings is 1. The summed E-state index contributed by atoms with van der Waals surface area (Å²) in [5.41, 5.74) is 7.44. The fourth-order valence-electron chi connectivity index (χ4n) is 2.20. The maximum Gasteiger partial charge on any atom is 0.117 e. The quantitative estimate of drug-likeness (QED) is 0.832. The molecular weight excluding hydrogens is 316 g/mol. The van der Waals surface area contributed by atoms with Crippen LogP contribution in [0.5, 0.6) is 0 Å². The standard InChI is InChI=1S/C16H21BrN2O/c1-2-19(12-15-7-4-10-20-15)9-8-16(18)13-5-3-6-14(17)11-13/h3-7,10-11,16H,2,8-9,12,18H2,1H3. The van der Waals surface area contributed by atoms with Crippen molar-refractivity contribution in [2.45, 2.75) is 25.9 Å². The minimum atomic E-state index is 0.0677. The molecule has 0 spiro atoms. The molecule has 0 aliphatic carbocycles. The number of nitrogens with two attached hydrogens (primary N) is 1. The molecule has 3 nitrogen and oxygen atoms in total. The van der Waals surface area contributed by atoms with Gasteiger partial charge in [-0.05, 0) is 42.8 Å². The highest BCUT2D eigenvalue weighted by molar-refractivity contribution is 9.10. The van der Waals surface area contributed by atoms with Crippen LogP contribution in [0.4, 0.5) is 0 Å². The molecule has 20 heavy (non-hydrogen) atoms. The Morgan fingerprint density at radius 3 is 2.80 bits per heavy atom. The van der Waals surface area contributed by atoms with Crippen LogP contribution in [0.1, 0.15) is 30.7 Å². The third-order valence-corrected chi connectivity index (χ3v) is 3.93. The van der Waals surface area contributed by atoms with Crippen LogP contribution >= 0.6 is 15.9 Å². The van der Waals surface area contributed by atoms with E-state index >= 15 is 0 Å². The molecule has 4 heteroatoms. The number of nitrogens with zero attached hydrogens (tertiary/aromatic N) is 1. The summed E-state index contributed by atoms with van der Waals surface area (Å²) >= 11 is 3.49. The smallest absolute Gasteiger partial charge is 0.117 e. The molecule has 1 atom stereocenters. The molecule has 1 aromatic heterocycles. The molecule has 2 aromatic rings. The predicted octanol–water partition coefficient (Wildman–Crippen LogP) is 3.95. The van der Waals surface area contributed by atoms with E-state index in [1.807, 2.05) is 24.3 Å². The number of rotatable bonds is 7. The van der Waals surface area contributed by atoms with Gasteiger partial charge in [0.25, 0.3) is 0 Å². The van der Waals surface area contributed by atoms with Gasteiger partial charge in [-0.1, -0.05) is 35.0 Å². The van der Waals surface area contributed by atoms with Crippen LogP contribution < -0.4 is 5.73 Å². The van der Waals surface area contributed by atoms with E-state index < -0.39 is 0 Å². The Morgan fingerprint density at radius 2 is 2.15 bits per heavy atom. The van der Waals surface area contributed by atoms with Gasteiger partial charge in [0.15, 0.2) is 0 Å². The van der Waals surface area contributed by atoms with Gasteiger partial charge in [0.05, 0.1) is 12.8 Å². The first-order valence-electron chi connectivity index (χ1n) is 6.95. The molecule has 1 aromatic carbocycles. The van der Waals surface area contributed by atoms with Gasteiger partial charge in [0.1, 0.15) is 5.76 Å². The van der Waals surface area contributed by atoms with Crippen molar-refractivity contribution >= 4 is 15.9 Å². The van der Waals surface area contributed by atoms with Crippen LogP contribution in [0.15, 0.2) is 51.6 Å². The molecule has 0 saturated carbocycles. The van der Waals surface area contributed by atoms with E-state index in [2.05, 4.69) is 39.9 Å². The van der Waals surface area contributed by atoms with Gasteiger partial charge in [-0.25, -0.2) is 0 Å². The van der Waals surface area contributed by atoms with E-state index in [1.165, 1.54) is 5.56 Å². The number of hydrogen-bond acceptors (Lipinski definition) is 3. The molecule has 0 saturated heterocycles. The SMILES string of the molecule is CCN(CCC(N)c1cccc(Br)c1)Cc1ccco1. The number of halogens is 1. The van der Waals surface area contributed by atoms with E-state index in [0.29, 0.717) is 0 Å². The Morgan fingerprint density at radius 1 is 1.30 bits per heavy atom. The average Bonchev–Trinajstić information content (AvgIpc) is 2.96. The Labute approximate surface area is 128 Å². The van der Waals surface area contributed by atoms with Crippen LogP contribution in [-0.4, -0.2) is 18.0 Å². The summed E-state index contributed by atoms with van der Waals surface area (Å²) in [6, 6.07) is 12.2. The van der Waals surface area contributed by atoms with E-state index in [1.54, 1.807) is 6.26 Å². The molecule has 2 N–H and O–H groups in total. The molecule has 2 rings (SSSR count). The lowest BCUT2D eigenvalue weighted by Gasteiger charge is -2.21. The van der Waals surface area contributed by atoms with Gasteiger partial charge in [-0.2, -0.15) is 0 Å². The summed E-state index contributed by atoms with van der Waals surface area (Å²) in [7, 11) is 0. The van der Waals surface area contributed by atoms with Crippen LogP contribution in [-0.2, 0) is 6.54 Å². The third-order valence-electron chi connectivity index (χ3n) is 3.44. The summed E-state index contributed by atoms with van der Waals surface area (Å²) in [6.45, 7) is 4.96. The Kier molecular flexibility index (Phi) is 5.83. The third kappa shape index (κ3) is 4.47. The fourth-order valence-corrected chi connectivity index (χ4v) is 2.61. The summed E-state index contributed by atoms with van der Waals surface area (Å²) in [5.74, 6) is 1.00. The molecule has 0 fully saturated rings. The van der Waals surface area contributed by atoms with Crippen molar-refractivity contribution in [3.63, 3.8) is 0 Å². The maximum absolute atomic E-state index is 6.27. The van der Waals surface area contributed by atoms with Gasteiger partial charge in [-0.3, -0.25) is 4.90 Å². The molecule has 0 radical (unpaired) electrons. The minimum absolute atomic E-state index is 0.0677. The first-order chi connectivity index (χ1) is 9.69. The summed E-state index contributed by atoms with van der Waals surface area (Å²) < 4.78 is 6.47. The minimum Gasteiger partial charge on any atom is -0.468 e. The van der Waals surface area contributed by atoms with E-state index in [0.717, 1.165) is 36.3 Å². The second-order valence-corrected chi connectivity index (χ2v) is 5.81. The molecule has 0 bridgehead atoms. The van der Waals surface area contributed by atoms with Gasteiger partial charge in [0.2, 0.25) is 0 Å². The monoisotopic (exact) mass is 336 g/mol. The Bertz CT molecular complexity index is 513. The van der Waals surface area contributed by atoms with Crippen molar-refractivity contribution in [2.24, 2.45) is 5.73 Å². The maximum atomic E-state index is 6.27. The van der Waals surface area contributed by atoms with Crippen LogP contribution in [0.25, 0.3) is 0 Å². The van der Waals surface area contributed by atoms with Crippen molar-refractivity contribution < 1.29 is 4.42 Å². The highest BCUT2D eigenvalue weighted by atomic mass is 79.9. The summed E-state index contributed by atoms with van der Waals surface area (Å²) in [5, 5.41) is 0. The van der Waals surface area contributed by atoms with Crippen molar-refractivity contribution in [3.8, 4) is 0 Å². The normalized spacial score (nSPS) is 12.8. The first kappa shape index (κ1) is 15.3. The Balaban J connectivity index is 1.86. The zero-order chi connectivity index (χ0) is 14.4. The van der Waals surface area contributed by atoms with Crippen LogP contribution in [0, 0.1) is 0 Å². The van der Waals surface area contributed by atoms with Crippen molar-refractivity contribution in [1.29, 1.82) is 0 Å². The van der Waals surface area contributed by atoms with Crippen LogP contribution in [0.3, 0.4) is 0 Å². The predicted molar refractivity (Wildman–Crippen MR) is 85.3 cm³/mol. The molecule has 1 heterocycles. The summed E-state index contributed by atoms with van der Waals surface area (Å²) in [6.07, 6.45) is 2.65. The molecular formula is C16H21BrN2O. The van der Waals surface area contributed by atoms with Crippen LogP contribution in [0.2, 0.25) is 0 Å². The largest absolute Gasteiger partial charge is 0.468 e. The lowest BCUT2D eigenvalue weighted by Crippen LogP contribution is -2.26. The van der Waals surface area contributed by atoms with Gasteiger partial charge >= 0.3 is 0 Å². The molecule has 108 valence electrons. The van der Waals surface area contributed by atoms with E-state index in [-0.39, 0.29) is 6.04 Å². The molecule has 1 unspecified atom stereocenters. The highest BCUT2D eigenvalue weighted by Gasteiger charge is 2.10. The van der Waals surface area contributed by atoms with Crippen molar-refractivity contribution in [1.82, 2.24) is 4.90 Å². The van der Waals surface area contributed by atoms with Gasteiger partial charge in [0, 0.05) is 17.1 Å². The van der Waals surface area contributed by atoms with Crippen molar-refractivity contribution in [3.05, 3.63) is 58.5 Å². The van der Waals surface area contributed by atoms with Crippen molar-refractivity contribution in [2.75, 3.05) is 13.1 Å². The zero-order valence-electron chi connectivity index (χ0n) is 11.8. The van der Waals surface area contributed by atoms with E-state index in [4.69, 9.17) is 10.2 Å². The molecule has 0 aliphatic heterocycles. The molecule has 0 aliphatic rings.